The van der Waals surface area contributed by atoms with Crippen LogP contribution in [0.25, 0.3) is 21.5 Å². The molecule has 12 heteroatoms. The minimum Gasteiger partial charge on any atom is -0.493 e. The predicted molar refractivity (Wildman–Crippen MR) is 151 cm³/mol. The second-order valence-corrected chi connectivity index (χ2v) is 16.5. The molecule has 0 bridgehead atoms. The molecule has 1 amide bonds. The SMILES string of the molecule is COc1ccc(C(=O)NCC(=O)c2nc(-c3csc4c(F)cccc34)nn2COCC[Si](C)(C)C)cc1OC. The van der Waals surface area contributed by atoms with Crippen molar-refractivity contribution in [1.29, 1.82) is 0 Å². The Morgan fingerprint density at radius 2 is 1.87 bits per heavy atom. The fraction of sp³-hybridized carbons (Fsp3) is 0.333. The third kappa shape index (κ3) is 6.70. The third-order valence-corrected chi connectivity index (χ3v) is 8.69. The second-order valence-electron chi connectivity index (χ2n) is 10.0. The topological polar surface area (TPSA) is 105 Å². The van der Waals surface area contributed by atoms with Crippen LogP contribution in [0.2, 0.25) is 25.7 Å². The first-order chi connectivity index (χ1) is 18.6. The molecule has 0 saturated heterocycles. The average molecular weight is 571 g/mol. The molecule has 0 atom stereocenters. The van der Waals surface area contributed by atoms with Gasteiger partial charge in [0.25, 0.3) is 5.91 Å². The lowest BCUT2D eigenvalue weighted by Crippen LogP contribution is -2.31. The van der Waals surface area contributed by atoms with Crippen molar-refractivity contribution in [2.45, 2.75) is 32.4 Å². The zero-order valence-corrected chi connectivity index (χ0v) is 24.4. The molecule has 0 aliphatic carbocycles. The van der Waals surface area contributed by atoms with E-state index < -0.39 is 19.8 Å². The van der Waals surface area contributed by atoms with Gasteiger partial charge < -0.3 is 19.5 Å². The van der Waals surface area contributed by atoms with E-state index in [-0.39, 0.29) is 30.7 Å². The van der Waals surface area contributed by atoms with Gasteiger partial charge in [-0.1, -0.05) is 31.8 Å². The summed E-state index contributed by atoms with van der Waals surface area (Å²) in [5, 5.41) is 9.59. The van der Waals surface area contributed by atoms with Gasteiger partial charge in [-0.2, -0.15) is 0 Å². The molecule has 0 aliphatic heterocycles. The van der Waals surface area contributed by atoms with Crippen molar-refractivity contribution in [3.8, 4) is 22.9 Å². The first-order valence-electron chi connectivity index (χ1n) is 12.3. The molecule has 4 rings (SSSR count). The molecule has 2 aromatic heterocycles. The summed E-state index contributed by atoms with van der Waals surface area (Å²) < 4.78 is 32.5. The van der Waals surface area contributed by atoms with Gasteiger partial charge in [-0.15, -0.1) is 16.4 Å². The van der Waals surface area contributed by atoms with Gasteiger partial charge in [-0.05, 0) is 30.3 Å². The molecule has 206 valence electrons. The summed E-state index contributed by atoms with van der Waals surface area (Å²) in [5.41, 5.74) is 0.933. The van der Waals surface area contributed by atoms with Gasteiger partial charge in [0.1, 0.15) is 12.5 Å². The van der Waals surface area contributed by atoms with E-state index in [1.807, 2.05) is 0 Å². The van der Waals surface area contributed by atoms with E-state index in [9.17, 15) is 14.0 Å². The Labute approximate surface area is 230 Å². The summed E-state index contributed by atoms with van der Waals surface area (Å²) in [5.74, 6) is -0.0107. The number of hydrogen-bond donors (Lipinski definition) is 1. The molecule has 2 heterocycles. The van der Waals surface area contributed by atoms with E-state index >= 15 is 0 Å². The maximum atomic E-state index is 14.3. The lowest BCUT2D eigenvalue weighted by Gasteiger charge is -2.15. The maximum Gasteiger partial charge on any atom is 0.251 e. The van der Waals surface area contributed by atoms with Crippen molar-refractivity contribution in [1.82, 2.24) is 20.1 Å². The van der Waals surface area contributed by atoms with Crippen molar-refractivity contribution in [3.05, 3.63) is 59.0 Å². The lowest BCUT2D eigenvalue weighted by molar-refractivity contribution is 0.0722. The maximum absolute atomic E-state index is 14.3. The number of nitrogens with one attached hydrogen (secondary N) is 1. The van der Waals surface area contributed by atoms with Gasteiger partial charge in [-0.3, -0.25) is 9.59 Å². The number of benzene rings is 2. The number of Topliss-reactive ketones (excluding diaryl/α,β-unsaturated/α-hetero) is 1. The molecule has 4 aromatic rings. The van der Waals surface area contributed by atoms with Gasteiger partial charge >= 0.3 is 0 Å². The Kier molecular flexibility index (Phi) is 8.78. The summed E-state index contributed by atoms with van der Waals surface area (Å²) in [7, 11) is 1.67. The average Bonchev–Trinajstić information content (AvgIpc) is 3.53. The fourth-order valence-corrected chi connectivity index (χ4v) is 5.51. The van der Waals surface area contributed by atoms with E-state index in [2.05, 4.69) is 35.0 Å². The monoisotopic (exact) mass is 570 g/mol. The van der Waals surface area contributed by atoms with Gasteiger partial charge in [-0.25, -0.2) is 14.1 Å². The Bertz CT molecular complexity index is 1500. The quantitative estimate of drug-likeness (QED) is 0.141. The number of halogens is 1. The van der Waals surface area contributed by atoms with E-state index in [0.29, 0.717) is 39.3 Å². The number of carbonyl (C=O) groups excluding carboxylic acids is 2. The number of thiophene rings is 1. The number of carbonyl (C=O) groups is 2. The molecule has 2 aromatic carbocycles. The summed E-state index contributed by atoms with van der Waals surface area (Å²) in [6.07, 6.45) is 0. The van der Waals surface area contributed by atoms with Crippen molar-refractivity contribution >= 4 is 41.2 Å². The molecule has 0 spiro atoms. The van der Waals surface area contributed by atoms with Gasteiger partial charge in [0.15, 0.2) is 23.1 Å². The molecule has 39 heavy (non-hydrogen) atoms. The minimum atomic E-state index is -1.31. The Morgan fingerprint density at radius 3 is 2.59 bits per heavy atom. The predicted octanol–water partition coefficient (Wildman–Crippen LogP) is 5.24. The first-order valence-corrected chi connectivity index (χ1v) is 16.9. The van der Waals surface area contributed by atoms with Crippen LogP contribution in [0.4, 0.5) is 4.39 Å². The van der Waals surface area contributed by atoms with Crippen LogP contribution in [0.5, 0.6) is 11.5 Å². The summed E-state index contributed by atoms with van der Waals surface area (Å²) in [6, 6.07) is 10.5. The van der Waals surface area contributed by atoms with Crippen molar-refractivity contribution in [3.63, 3.8) is 0 Å². The molecule has 0 saturated carbocycles. The smallest absolute Gasteiger partial charge is 0.251 e. The molecular formula is C27H31FN4O5SSi. The molecule has 0 aliphatic rings. The first kappa shape index (κ1) is 28.4. The van der Waals surface area contributed by atoms with Gasteiger partial charge in [0.2, 0.25) is 5.78 Å². The van der Waals surface area contributed by atoms with Gasteiger partial charge in [0, 0.05) is 36.6 Å². The van der Waals surface area contributed by atoms with Crippen LogP contribution in [-0.4, -0.2) is 61.9 Å². The number of ether oxygens (including phenoxy) is 3. The Morgan fingerprint density at radius 1 is 1.10 bits per heavy atom. The Balaban J connectivity index is 1.55. The van der Waals surface area contributed by atoms with Crippen LogP contribution >= 0.6 is 11.3 Å². The molecular weight excluding hydrogens is 539 g/mol. The summed E-state index contributed by atoms with van der Waals surface area (Å²) >= 11 is 1.25. The van der Waals surface area contributed by atoms with E-state index in [1.165, 1.54) is 42.4 Å². The van der Waals surface area contributed by atoms with Crippen molar-refractivity contribution in [2.75, 3.05) is 27.4 Å². The number of fused-ring (bicyclic) bond motifs is 1. The van der Waals surface area contributed by atoms with Crippen LogP contribution in [0.3, 0.4) is 0 Å². The van der Waals surface area contributed by atoms with Crippen LogP contribution in [-0.2, 0) is 11.5 Å². The number of methoxy groups -OCH3 is 2. The highest BCUT2D eigenvalue weighted by atomic mass is 32.1. The number of ketones is 1. The largest absolute Gasteiger partial charge is 0.493 e. The van der Waals surface area contributed by atoms with Crippen LogP contribution in [0.15, 0.2) is 41.8 Å². The molecule has 9 nitrogen and oxygen atoms in total. The third-order valence-electron chi connectivity index (χ3n) is 5.98. The summed E-state index contributed by atoms with van der Waals surface area (Å²) in [4.78, 5) is 30.5. The zero-order chi connectivity index (χ0) is 28.2. The highest BCUT2D eigenvalue weighted by molar-refractivity contribution is 7.17. The van der Waals surface area contributed by atoms with Crippen molar-refractivity contribution in [2.24, 2.45) is 0 Å². The van der Waals surface area contributed by atoms with Crippen LogP contribution in [0.1, 0.15) is 21.0 Å². The van der Waals surface area contributed by atoms with Crippen LogP contribution < -0.4 is 14.8 Å². The van der Waals surface area contributed by atoms with E-state index in [0.717, 1.165) is 6.04 Å². The minimum absolute atomic E-state index is 0.0264. The number of rotatable bonds is 12. The Hall–Kier alpha value is -3.61. The highest BCUT2D eigenvalue weighted by Crippen LogP contribution is 2.34. The second kappa shape index (κ2) is 12.1. The van der Waals surface area contributed by atoms with E-state index in [4.69, 9.17) is 14.2 Å². The van der Waals surface area contributed by atoms with Crippen molar-refractivity contribution < 1.29 is 28.2 Å². The van der Waals surface area contributed by atoms with Gasteiger partial charge in [0.05, 0.1) is 25.5 Å². The van der Waals surface area contributed by atoms with Crippen LogP contribution in [0, 0.1) is 5.82 Å². The number of aromatic nitrogens is 3. The molecule has 0 fully saturated rings. The number of amides is 1. The lowest BCUT2D eigenvalue weighted by atomic mass is 10.1. The summed E-state index contributed by atoms with van der Waals surface area (Å²) in [6.45, 7) is 7.00. The number of nitrogens with zero attached hydrogens (tertiary/aromatic N) is 3. The highest BCUT2D eigenvalue weighted by Gasteiger charge is 2.22. The zero-order valence-electron chi connectivity index (χ0n) is 22.5. The fourth-order valence-electron chi connectivity index (χ4n) is 3.80. The normalized spacial score (nSPS) is 11.5. The molecule has 1 N–H and O–H groups in total. The van der Waals surface area contributed by atoms with E-state index in [1.54, 1.807) is 29.6 Å². The standard InChI is InChI=1S/C27H31FN4O5SSi/c1-35-22-10-9-17(13-23(22)36-2)27(34)29-14-21(33)26-30-25(31-32(26)16-37-11-12-39(3,4)5)19-15-38-24-18(19)7-6-8-20(24)28/h6-10,13,15H,11-12,14,16H2,1-5H3,(H,29,34). The number of hydrogen-bond acceptors (Lipinski definition) is 8. The molecule has 0 unspecified atom stereocenters. The molecule has 0 radical (unpaired) electrons.